The highest BCUT2D eigenvalue weighted by molar-refractivity contribution is 5.83. The first kappa shape index (κ1) is 23.5. The van der Waals surface area contributed by atoms with Crippen LogP contribution in [0.15, 0.2) is 76.1 Å². The summed E-state index contributed by atoms with van der Waals surface area (Å²) in [5.41, 5.74) is 3.72. The minimum atomic E-state index is -0.193. The van der Waals surface area contributed by atoms with Gasteiger partial charge in [0.05, 0.1) is 31.2 Å². The molecular weight excluding hydrogens is 458 g/mol. The maximum atomic E-state index is 13.1. The van der Waals surface area contributed by atoms with E-state index in [1.165, 1.54) is 17.4 Å². The number of methoxy groups -OCH3 is 2. The Morgan fingerprint density at radius 3 is 2.69 bits per heavy atom. The molecule has 0 saturated heterocycles. The first-order valence-electron chi connectivity index (χ1n) is 11.9. The molecule has 7 heteroatoms. The molecule has 0 fully saturated rings. The predicted molar refractivity (Wildman–Crippen MR) is 137 cm³/mol. The molecule has 0 spiro atoms. The van der Waals surface area contributed by atoms with Crippen molar-refractivity contribution in [2.75, 3.05) is 20.8 Å². The van der Waals surface area contributed by atoms with Crippen LogP contribution < -0.4 is 25.0 Å². The Kier molecular flexibility index (Phi) is 6.62. The van der Waals surface area contributed by atoms with Crippen molar-refractivity contribution in [2.45, 2.75) is 25.3 Å². The first-order chi connectivity index (χ1) is 17.6. The summed E-state index contributed by atoms with van der Waals surface area (Å²) in [6.07, 6.45) is 4.40. The van der Waals surface area contributed by atoms with Gasteiger partial charge in [0.1, 0.15) is 17.6 Å². The van der Waals surface area contributed by atoms with Crippen molar-refractivity contribution in [3.05, 3.63) is 88.3 Å². The van der Waals surface area contributed by atoms with Gasteiger partial charge in [-0.15, -0.1) is 0 Å². The molecule has 5 rings (SSSR count). The van der Waals surface area contributed by atoms with Gasteiger partial charge in [-0.25, -0.2) is 0 Å². The van der Waals surface area contributed by atoms with Gasteiger partial charge in [0.25, 0.3) is 5.91 Å². The molecule has 4 aromatic rings. The lowest BCUT2D eigenvalue weighted by molar-refractivity contribution is -0.123. The summed E-state index contributed by atoms with van der Waals surface area (Å²) in [7, 11) is 3.10. The summed E-state index contributed by atoms with van der Waals surface area (Å²) in [6, 6.07) is 18.4. The molecule has 0 saturated carbocycles. The standard InChI is InChI=1S/C29H27NO6/c1-33-25-13-10-19(14-27(25)34-2)23-16-36-26-15-20(11-12-22(26)29(23)32)35-17-28(31)30-24-9-5-7-18-6-3-4-8-21(18)24/h3-4,6,8,10-16,24H,5,7,9,17H2,1-2H3,(H,30,31)/t24-/m0/s1. The number of rotatable bonds is 7. The SMILES string of the molecule is COc1ccc(-c2coc3cc(OCC(=O)N[C@H]4CCCc5ccccc54)ccc3c2=O)cc1OC. The van der Waals surface area contributed by atoms with Crippen LogP contribution in [0, 0.1) is 0 Å². The Morgan fingerprint density at radius 2 is 1.86 bits per heavy atom. The maximum absolute atomic E-state index is 13.1. The van der Waals surface area contributed by atoms with Gasteiger partial charge < -0.3 is 23.9 Å². The Bertz CT molecular complexity index is 1470. The van der Waals surface area contributed by atoms with Crippen LogP contribution in [0.1, 0.15) is 30.0 Å². The van der Waals surface area contributed by atoms with Crippen molar-refractivity contribution in [1.82, 2.24) is 5.32 Å². The Morgan fingerprint density at radius 1 is 1.03 bits per heavy atom. The molecule has 1 amide bonds. The Labute approximate surface area is 208 Å². The number of carbonyl (C=O) groups is 1. The molecule has 7 nitrogen and oxygen atoms in total. The van der Waals surface area contributed by atoms with Crippen molar-refractivity contribution in [1.29, 1.82) is 0 Å². The quantitative estimate of drug-likeness (QED) is 0.394. The second-order valence-electron chi connectivity index (χ2n) is 8.71. The molecule has 0 aliphatic heterocycles. The Hall–Kier alpha value is -4.26. The Balaban J connectivity index is 1.30. The van der Waals surface area contributed by atoms with E-state index in [1.807, 2.05) is 12.1 Å². The van der Waals surface area contributed by atoms with Crippen LogP contribution in [-0.2, 0) is 11.2 Å². The smallest absolute Gasteiger partial charge is 0.258 e. The molecule has 1 atom stereocenters. The molecule has 1 aromatic heterocycles. The molecule has 0 unspecified atom stereocenters. The minimum Gasteiger partial charge on any atom is -0.493 e. The fraction of sp³-hybridized carbons (Fsp3) is 0.241. The van der Waals surface area contributed by atoms with Gasteiger partial charge in [-0.05, 0) is 60.2 Å². The molecule has 1 aliphatic rings. The van der Waals surface area contributed by atoms with E-state index >= 15 is 0 Å². The molecule has 0 bridgehead atoms. The van der Waals surface area contributed by atoms with Crippen molar-refractivity contribution in [2.24, 2.45) is 0 Å². The average molecular weight is 486 g/mol. The predicted octanol–water partition coefficient (Wildman–Crippen LogP) is 5.05. The monoisotopic (exact) mass is 485 g/mol. The third-order valence-corrected chi connectivity index (χ3v) is 6.52. The van der Waals surface area contributed by atoms with E-state index in [0.717, 1.165) is 19.3 Å². The molecule has 1 N–H and O–H groups in total. The highest BCUT2D eigenvalue weighted by Gasteiger charge is 2.21. The van der Waals surface area contributed by atoms with Crippen LogP contribution in [0.2, 0.25) is 0 Å². The number of fused-ring (bicyclic) bond motifs is 2. The third kappa shape index (κ3) is 4.64. The van der Waals surface area contributed by atoms with Gasteiger partial charge >= 0.3 is 0 Å². The van der Waals surface area contributed by atoms with Crippen molar-refractivity contribution < 1.29 is 23.4 Å². The van der Waals surface area contributed by atoms with Gasteiger partial charge in [-0.1, -0.05) is 30.3 Å². The van der Waals surface area contributed by atoms with Gasteiger partial charge in [0.2, 0.25) is 0 Å². The number of hydrogen-bond donors (Lipinski definition) is 1. The fourth-order valence-corrected chi connectivity index (χ4v) is 4.69. The third-order valence-electron chi connectivity index (χ3n) is 6.52. The van der Waals surface area contributed by atoms with Gasteiger partial charge in [0, 0.05) is 6.07 Å². The lowest BCUT2D eigenvalue weighted by Crippen LogP contribution is -2.34. The number of carbonyl (C=O) groups excluding carboxylic acids is 1. The van der Waals surface area contributed by atoms with Gasteiger partial charge in [0.15, 0.2) is 23.5 Å². The normalized spacial score (nSPS) is 14.7. The van der Waals surface area contributed by atoms with E-state index < -0.39 is 0 Å². The average Bonchev–Trinajstić information content (AvgIpc) is 2.92. The molecule has 36 heavy (non-hydrogen) atoms. The molecular formula is C29H27NO6. The molecule has 0 radical (unpaired) electrons. The lowest BCUT2D eigenvalue weighted by Gasteiger charge is -2.26. The van der Waals surface area contributed by atoms with Gasteiger partial charge in [-0.2, -0.15) is 0 Å². The number of ether oxygens (including phenoxy) is 3. The topological polar surface area (TPSA) is 87.0 Å². The maximum Gasteiger partial charge on any atom is 0.258 e. The summed E-state index contributed by atoms with van der Waals surface area (Å²) >= 11 is 0. The molecule has 1 aliphatic carbocycles. The zero-order chi connectivity index (χ0) is 25.1. The summed E-state index contributed by atoms with van der Waals surface area (Å²) in [6.45, 7) is -0.127. The van der Waals surface area contributed by atoms with Crippen molar-refractivity contribution >= 4 is 16.9 Å². The van der Waals surface area contributed by atoms with E-state index in [2.05, 4.69) is 17.4 Å². The van der Waals surface area contributed by atoms with E-state index in [9.17, 15) is 9.59 Å². The summed E-state index contributed by atoms with van der Waals surface area (Å²) in [4.78, 5) is 25.7. The highest BCUT2D eigenvalue weighted by atomic mass is 16.5. The lowest BCUT2D eigenvalue weighted by atomic mass is 9.88. The molecule has 1 heterocycles. The van der Waals surface area contributed by atoms with E-state index in [0.29, 0.717) is 39.3 Å². The van der Waals surface area contributed by atoms with Crippen LogP contribution in [0.4, 0.5) is 0 Å². The van der Waals surface area contributed by atoms with E-state index in [-0.39, 0.29) is 24.0 Å². The zero-order valence-corrected chi connectivity index (χ0v) is 20.2. The number of hydrogen-bond acceptors (Lipinski definition) is 6. The largest absolute Gasteiger partial charge is 0.493 e. The van der Waals surface area contributed by atoms with Crippen LogP contribution in [0.5, 0.6) is 17.2 Å². The van der Waals surface area contributed by atoms with Crippen LogP contribution in [-0.4, -0.2) is 26.7 Å². The highest BCUT2D eigenvalue weighted by Crippen LogP contribution is 2.32. The summed E-state index contributed by atoms with van der Waals surface area (Å²) < 4.78 is 22.1. The van der Waals surface area contributed by atoms with Crippen LogP contribution in [0.25, 0.3) is 22.1 Å². The second-order valence-corrected chi connectivity index (χ2v) is 8.71. The number of benzene rings is 3. The summed E-state index contributed by atoms with van der Waals surface area (Å²) in [5.74, 6) is 1.35. The first-order valence-corrected chi connectivity index (χ1v) is 11.9. The van der Waals surface area contributed by atoms with Crippen molar-refractivity contribution in [3.63, 3.8) is 0 Å². The molecule has 184 valence electrons. The number of amides is 1. The number of aryl methyl sites for hydroxylation is 1. The molecule has 3 aromatic carbocycles. The van der Waals surface area contributed by atoms with E-state index in [4.69, 9.17) is 18.6 Å². The minimum absolute atomic E-state index is 0.00400. The fourth-order valence-electron chi connectivity index (χ4n) is 4.69. The van der Waals surface area contributed by atoms with Crippen LogP contribution in [0.3, 0.4) is 0 Å². The summed E-state index contributed by atoms with van der Waals surface area (Å²) in [5, 5.41) is 3.49. The number of nitrogens with one attached hydrogen (secondary N) is 1. The van der Waals surface area contributed by atoms with Crippen molar-refractivity contribution in [3.8, 4) is 28.4 Å². The second kappa shape index (κ2) is 10.2. The van der Waals surface area contributed by atoms with Crippen LogP contribution >= 0.6 is 0 Å². The van der Waals surface area contributed by atoms with E-state index in [1.54, 1.807) is 50.6 Å². The zero-order valence-electron chi connectivity index (χ0n) is 20.2. The van der Waals surface area contributed by atoms with Gasteiger partial charge in [-0.3, -0.25) is 9.59 Å².